The van der Waals surface area contributed by atoms with Gasteiger partial charge in [0.25, 0.3) is 0 Å². The first-order valence-corrected chi connectivity index (χ1v) is 7.29. The van der Waals surface area contributed by atoms with Crippen LogP contribution in [0.5, 0.6) is 5.75 Å². The van der Waals surface area contributed by atoms with Gasteiger partial charge in [0, 0.05) is 6.61 Å². The summed E-state index contributed by atoms with van der Waals surface area (Å²) >= 11 is 0. The van der Waals surface area contributed by atoms with E-state index in [1.807, 2.05) is 0 Å². The largest absolute Gasteiger partial charge is 0.494 e. The minimum Gasteiger partial charge on any atom is -0.494 e. The summed E-state index contributed by atoms with van der Waals surface area (Å²) in [4.78, 5) is 0. The van der Waals surface area contributed by atoms with E-state index in [9.17, 15) is 9.50 Å². The quantitative estimate of drug-likeness (QED) is 0.924. The highest BCUT2D eigenvalue weighted by molar-refractivity contribution is 5.32. The lowest BCUT2D eigenvalue weighted by molar-refractivity contribution is -0.157. The van der Waals surface area contributed by atoms with Crippen LogP contribution in [0.3, 0.4) is 0 Å². The van der Waals surface area contributed by atoms with Gasteiger partial charge in [-0.3, -0.25) is 0 Å². The summed E-state index contributed by atoms with van der Waals surface area (Å²) in [6.45, 7) is 0.708. The molecule has 0 aromatic heterocycles. The van der Waals surface area contributed by atoms with Crippen LogP contribution in [0.15, 0.2) is 18.2 Å². The third-order valence-corrected chi connectivity index (χ3v) is 4.76. The number of ether oxygens (including phenoxy) is 2. The zero-order valence-corrected chi connectivity index (χ0v) is 11.8. The summed E-state index contributed by atoms with van der Waals surface area (Å²) in [5.41, 5.74) is 0.734. The van der Waals surface area contributed by atoms with Crippen molar-refractivity contribution in [1.82, 2.24) is 0 Å². The third kappa shape index (κ3) is 2.42. The molecule has 1 heterocycles. The molecule has 2 atom stereocenters. The van der Waals surface area contributed by atoms with Gasteiger partial charge in [-0.15, -0.1) is 0 Å². The molecule has 110 valence electrons. The van der Waals surface area contributed by atoms with Crippen LogP contribution in [0.4, 0.5) is 4.39 Å². The minimum atomic E-state index is -0.578. The fraction of sp³-hybridized carbons (Fsp3) is 0.625. The molecule has 1 aromatic carbocycles. The number of hydrogen-bond acceptors (Lipinski definition) is 3. The van der Waals surface area contributed by atoms with Crippen LogP contribution in [-0.2, 0) is 4.74 Å². The average molecular weight is 280 g/mol. The molecule has 4 heteroatoms. The van der Waals surface area contributed by atoms with Crippen molar-refractivity contribution >= 4 is 0 Å². The lowest BCUT2D eigenvalue weighted by Crippen LogP contribution is -2.46. The number of aliphatic hydroxyl groups is 1. The molecule has 1 spiro atoms. The highest BCUT2D eigenvalue weighted by Gasteiger charge is 2.44. The van der Waals surface area contributed by atoms with Crippen molar-refractivity contribution in [2.24, 2.45) is 5.92 Å². The van der Waals surface area contributed by atoms with Gasteiger partial charge in [0.2, 0.25) is 0 Å². The number of benzene rings is 1. The van der Waals surface area contributed by atoms with E-state index in [1.54, 1.807) is 12.1 Å². The molecule has 1 saturated heterocycles. The molecule has 2 fully saturated rings. The Morgan fingerprint density at radius 3 is 2.90 bits per heavy atom. The predicted octanol–water partition coefficient (Wildman–Crippen LogP) is 3.22. The molecular formula is C16H21FO3. The van der Waals surface area contributed by atoms with Crippen LogP contribution < -0.4 is 4.74 Å². The van der Waals surface area contributed by atoms with Crippen molar-refractivity contribution in [3.63, 3.8) is 0 Å². The van der Waals surface area contributed by atoms with Crippen molar-refractivity contribution in [3.8, 4) is 5.75 Å². The zero-order valence-electron chi connectivity index (χ0n) is 11.8. The molecule has 2 unspecified atom stereocenters. The van der Waals surface area contributed by atoms with Crippen LogP contribution in [-0.4, -0.2) is 24.4 Å². The van der Waals surface area contributed by atoms with Gasteiger partial charge in [-0.05, 0) is 55.7 Å². The van der Waals surface area contributed by atoms with Gasteiger partial charge < -0.3 is 14.6 Å². The molecule has 1 N–H and O–H groups in total. The van der Waals surface area contributed by atoms with Crippen LogP contribution in [0.25, 0.3) is 0 Å². The second-order valence-electron chi connectivity index (χ2n) is 5.98. The minimum absolute atomic E-state index is 0.00795. The van der Waals surface area contributed by atoms with Gasteiger partial charge in [0.05, 0.1) is 18.8 Å². The van der Waals surface area contributed by atoms with E-state index in [-0.39, 0.29) is 17.3 Å². The van der Waals surface area contributed by atoms with E-state index in [4.69, 9.17) is 9.47 Å². The van der Waals surface area contributed by atoms with Gasteiger partial charge in [-0.25, -0.2) is 4.39 Å². The maximum Gasteiger partial charge on any atom is 0.165 e. The van der Waals surface area contributed by atoms with E-state index < -0.39 is 11.9 Å². The standard InChI is InChI=1S/C16H21FO3/c1-19-14-9-11(3-4-13(14)17)15(18)12-5-8-20-16(10-12)6-2-7-16/h3-4,9,12,15,18H,2,5-8,10H2,1H3. The Hall–Kier alpha value is -1.13. The number of methoxy groups -OCH3 is 1. The predicted molar refractivity (Wildman–Crippen MR) is 73.2 cm³/mol. The summed E-state index contributed by atoms with van der Waals surface area (Å²) in [6, 6.07) is 4.60. The summed E-state index contributed by atoms with van der Waals surface area (Å²) in [5, 5.41) is 10.6. The molecule has 1 aliphatic heterocycles. The van der Waals surface area contributed by atoms with E-state index in [0.29, 0.717) is 6.61 Å². The SMILES string of the molecule is COc1cc(C(O)C2CCOC3(CCC3)C2)ccc1F. The van der Waals surface area contributed by atoms with Crippen LogP contribution in [0.2, 0.25) is 0 Å². The van der Waals surface area contributed by atoms with E-state index in [2.05, 4.69) is 0 Å². The van der Waals surface area contributed by atoms with E-state index in [0.717, 1.165) is 31.2 Å². The topological polar surface area (TPSA) is 38.7 Å². The maximum absolute atomic E-state index is 13.4. The molecule has 0 amide bonds. The smallest absolute Gasteiger partial charge is 0.165 e. The molecular weight excluding hydrogens is 259 g/mol. The van der Waals surface area contributed by atoms with Crippen molar-refractivity contribution in [1.29, 1.82) is 0 Å². The first kappa shape index (κ1) is 13.8. The van der Waals surface area contributed by atoms with Crippen molar-refractivity contribution in [2.75, 3.05) is 13.7 Å². The van der Waals surface area contributed by atoms with E-state index in [1.165, 1.54) is 19.6 Å². The van der Waals surface area contributed by atoms with Gasteiger partial charge in [0.15, 0.2) is 11.6 Å². The Morgan fingerprint density at radius 1 is 1.45 bits per heavy atom. The van der Waals surface area contributed by atoms with Gasteiger partial charge in [-0.1, -0.05) is 6.07 Å². The normalized spacial score (nSPS) is 26.1. The average Bonchev–Trinajstić information content (AvgIpc) is 2.45. The molecule has 3 nitrogen and oxygen atoms in total. The number of rotatable bonds is 3. The molecule has 1 aromatic rings. The van der Waals surface area contributed by atoms with Crippen LogP contribution >= 0.6 is 0 Å². The molecule has 1 aliphatic carbocycles. The summed E-state index contributed by atoms with van der Waals surface area (Å²) in [5.74, 6) is -0.0305. The Labute approximate surface area is 118 Å². The Morgan fingerprint density at radius 2 is 2.25 bits per heavy atom. The van der Waals surface area contributed by atoms with E-state index >= 15 is 0 Å². The van der Waals surface area contributed by atoms with Crippen molar-refractivity contribution in [2.45, 2.75) is 43.8 Å². The fourth-order valence-electron chi connectivity index (χ4n) is 3.39. The second-order valence-corrected chi connectivity index (χ2v) is 5.98. The Balaban J connectivity index is 1.76. The first-order chi connectivity index (χ1) is 9.63. The summed E-state index contributed by atoms with van der Waals surface area (Å²) < 4.78 is 24.3. The number of halogens is 1. The summed E-state index contributed by atoms with van der Waals surface area (Å²) in [6.07, 6.45) is 4.58. The van der Waals surface area contributed by atoms with Crippen molar-refractivity contribution < 1.29 is 19.0 Å². The molecule has 20 heavy (non-hydrogen) atoms. The third-order valence-electron chi connectivity index (χ3n) is 4.76. The van der Waals surface area contributed by atoms with Crippen molar-refractivity contribution in [3.05, 3.63) is 29.6 Å². The molecule has 2 aliphatic rings. The number of hydrogen-bond donors (Lipinski definition) is 1. The van der Waals surface area contributed by atoms with Gasteiger partial charge >= 0.3 is 0 Å². The monoisotopic (exact) mass is 280 g/mol. The molecule has 1 saturated carbocycles. The molecule has 0 bridgehead atoms. The summed E-state index contributed by atoms with van der Waals surface area (Å²) in [7, 11) is 1.44. The first-order valence-electron chi connectivity index (χ1n) is 7.29. The second kappa shape index (κ2) is 5.34. The molecule has 0 radical (unpaired) electrons. The highest BCUT2D eigenvalue weighted by atomic mass is 19.1. The van der Waals surface area contributed by atoms with Crippen LogP contribution in [0, 0.1) is 11.7 Å². The Kier molecular flexibility index (Phi) is 3.69. The number of aliphatic hydroxyl groups excluding tert-OH is 1. The Bertz CT molecular complexity index is 485. The highest BCUT2D eigenvalue weighted by Crippen LogP contribution is 2.47. The van der Waals surface area contributed by atoms with Crippen LogP contribution in [0.1, 0.15) is 43.8 Å². The zero-order chi connectivity index (χ0) is 14.2. The molecule has 3 rings (SSSR count). The fourth-order valence-corrected chi connectivity index (χ4v) is 3.39. The lowest BCUT2D eigenvalue weighted by Gasteiger charge is -2.48. The van der Waals surface area contributed by atoms with Gasteiger partial charge in [0.1, 0.15) is 0 Å². The lowest BCUT2D eigenvalue weighted by atomic mass is 9.70. The van der Waals surface area contributed by atoms with Gasteiger partial charge in [-0.2, -0.15) is 0 Å². The maximum atomic E-state index is 13.4.